The van der Waals surface area contributed by atoms with E-state index in [4.69, 9.17) is 5.73 Å². The molecular weight excluding hydrogens is 256 g/mol. The fourth-order valence-corrected chi connectivity index (χ4v) is 2.41. The Hall–Kier alpha value is -1.94. The molecule has 19 heavy (non-hydrogen) atoms. The Kier molecular flexibility index (Phi) is 4.12. The lowest BCUT2D eigenvalue weighted by Gasteiger charge is -2.18. The molecule has 2 aromatic rings. The van der Waals surface area contributed by atoms with Gasteiger partial charge in [0.2, 0.25) is 0 Å². The molecule has 0 radical (unpaired) electrons. The lowest BCUT2D eigenvalue weighted by atomic mass is 10.2. The minimum Gasteiger partial charge on any atom is -0.399 e. The summed E-state index contributed by atoms with van der Waals surface area (Å²) in [5.74, 6) is -0.0188. The fourth-order valence-electron chi connectivity index (χ4n) is 1.82. The van der Waals surface area contributed by atoms with Gasteiger partial charge in [-0.15, -0.1) is 11.8 Å². The molecule has 2 rings (SSSR count). The lowest BCUT2D eigenvalue weighted by molar-refractivity contribution is 0.0990. The van der Waals surface area contributed by atoms with E-state index in [1.807, 2.05) is 42.7 Å². The third-order valence-corrected chi connectivity index (χ3v) is 3.72. The zero-order chi connectivity index (χ0) is 13.8. The van der Waals surface area contributed by atoms with Gasteiger partial charge < -0.3 is 10.6 Å². The number of amides is 1. The van der Waals surface area contributed by atoms with Crippen molar-refractivity contribution in [1.82, 2.24) is 0 Å². The molecule has 0 atom stereocenters. The molecule has 2 N–H and O–H groups in total. The molecule has 0 unspecified atom stereocenters. The number of anilines is 2. The van der Waals surface area contributed by atoms with Gasteiger partial charge in [-0.3, -0.25) is 4.79 Å². The van der Waals surface area contributed by atoms with Gasteiger partial charge in [-0.05, 0) is 42.7 Å². The SMILES string of the molecule is CSc1ccccc1C(=O)N(C)c1ccc(N)cc1. The van der Waals surface area contributed by atoms with Crippen molar-refractivity contribution >= 4 is 29.0 Å². The van der Waals surface area contributed by atoms with Gasteiger partial charge in [0.15, 0.2) is 0 Å². The smallest absolute Gasteiger partial charge is 0.259 e. The van der Waals surface area contributed by atoms with E-state index >= 15 is 0 Å². The Bertz CT molecular complexity index is 581. The van der Waals surface area contributed by atoms with Gasteiger partial charge in [-0.1, -0.05) is 12.1 Å². The van der Waals surface area contributed by atoms with Crippen molar-refractivity contribution in [2.24, 2.45) is 0 Å². The van der Waals surface area contributed by atoms with E-state index in [1.54, 1.807) is 35.8 Å². The third-order valence-electron chi connectivity index (χ3n) is 2.92. The van der Waals surface area contributed by atoms with Gasteiger partial charge >= 0.3 is 0 Å². The van der Waals surface area contributed by atoms with Gasteiger partial charge in [0.25, 0.3) is 5.91 Å². The van der Waals surface area contributed by atoms with E-state index < -0.39 is 0 Å². The quantitative estimate of drug-likeness (QED) is 0.689. The molecular formula is C15H16N2OS. The Labute approximate surface area is 117 Å². The van der Waals surface area contributed by atoms with E-state index in [1.165, 1.54) is 0 Å². The zero-order valence-electron chi connectivity index (χ0n) is 11.0. The average molecular weight is 272 g/mol. The summed E-state index contributed by atoms with van der Waals surface area (Å²) >= 11 is 1.57. The normalized spacial score (nSPS) is 10.2. The summed E-state index contributed by atoms with van der Waals surface area (Å²) in [7, 11) is 1.77. The van der Waals surface area contributed by atoms with Crippen LogP contribution in [0.15, 0.2) is 53.4 Å². The number of thioether (sulfide) groups is 1. The molecule has 3 nitrogen and oxygen atoms in total. The Balaban J connectivity index is 2.30. The molecule has 0 spiro atoms. The predicted octanol–water partition coefficient (Wildman–Crippen LogP) is 3.27. The van der Waals surface area contributed by atoms with Crippen LogP contribution in [0.25, 0.3) is 0 Å². The van der Waals surface area contributed by atoms with Crippen molar-refractivity contribution in [2.45, 2.75) is 4.90 Å². The molecule has 0 saturated carbocycles. The van der Waals surface area contributed by atoms with Crippen molar-refractivity contribution < 1.29 is 4.79 Å². The van der Waals surface area contributed by atoms with Crippen LogP contribution in [0.3, 0.4) is 0 Å². The number of carbonyl (C=O) groups excluding carboxylic acids is 1. The van der Waals surface area contributed by atoms with Gasteiger partial charge in [0.05, 0.1) is 5.56 Å². The van der Waals surface area contributed by atoms with E-state index in [0.29, 0.717) is 11.3 Å². The van der Waals surface area contributed by atoms with Crippen LogP contribution in [0.2, 0.25) is 0 Å². The number of hydrogen-bond acceptors (Lipinski definition) is 3. The van der Waals surface area contributed by atoms with Crippen LogP contribution in [0.1, 0.15) is 10.4 Å². The van der Waals surface area contributed by atoms with E-state index in [9.17, 15) is 4.79 Å². The van der Waals surface area contributed by atoms with E-state index in [2.05, 4.69) is 0 Å². The van der Waals surface area contributed by atoms with Crippen molar-refractivity contribution in [3.63, 3.8) is 0 Å². The van der Waals surface area contributed by atoms with Gasteiger partial charge in [0, 0.05) is 23.3 Å². The van der Waals surface area contributed by atoms with Crippen LogP contribution in [0, 0.1) is 0 Å². The van der Waals surface area contributed by atoms with Crippen molar-refractivity contribution in [1.29, 1.82) is 0 Å². The molecule has 98 valence electrons. The van der Waals surface area contributed by atoms with Crippen LogP contribution < -0.4 is 10.6 Å². The molecule has 0 bridgehead atoms. The molecule has 0 aliphatic heterocycles. The summed E-state index contributed by atoms with van der Waals surface area (Å²) < 4.78 is 0. The molecule has 0 aliphatic carbocycles. The van der Waals surface area contributed by atoms with Crippen LogP contribution in [0.5, 0.6) is 0 Å². The van der Waals surface area contributed by atoms with Gasteiger partial charge in [0.1, 0.15) is 0 Å². The number of carbonyl (C=O) groups is 1. The highest BCUT2D eigenvalue weighted by atomic mass is 32.2. The predicted molar refractivity (Wildman–Crippen MR) is 81.8 cm³/mol. The fraction of sp³-hybridized carbons (Fsp3) is 0.133. The Morgan fingerprint density at radius 1 is 1.11 bits per heavy atom. The average Bonchev–Trinajstić information content (AvgIpc) is 2.46. The first-order valence-corrected chi connectivity index (χ1v) is 7.12. The largest absolute Gasteiger partial charge is 0.399 e. The Morgan fingerprint density at radius 3 is 2.37 bits per heavy atom. The van der Waals surface area contributed by atoms with E-state index in [0.717, 1.165) is 10.6 Å². The van der Waals surface area contributed by atoms with Crippen molar-refractivity contribution in [2.75, 3.05) is 23.9 Å². The number of rotatable bonds is 3. The molecule has 1 amide bonds. The van der Waals surface area contributed by atoms with Crippen molar-refractivity contribution in [3.8, 4) is 0 Å². The highest BCUT2D eigenvalue weighted by Crippen LogP contribution is 2.23. The first-order valence-electron chi connectivity index (χ1n) is 5.90. The lowest BCUT2D eigenvalue weighted by Crippen LogP contribution is -2.26. The summed E-state index contributed by atoms with van der Waals surface area (Å²) in [4.78, 5) is 15.1. The number of hydrogen-bond donors (Lipinski definition) is 1. The molecule has 4 heteroatoms. The van der Waals surface area contributed by atoms with Crippen LogP contribution in [0.4, 0.5) is 11.4 Å². The molecule has 0 fully saturated rings. The van der Waals surface area contributed by atoms with Crippen molar-refractivity contribution in [3.05, 3.63) is 54.1 Å². The Morgan fingerprint density at radius 2 is 1.74 bits per heavy atom. The number of nitrogen functional groups attached to an aromatic ring is 1. The summed E-state index contributed by atoms with van der Waals surface area (Å²) in [6.07, 6.45) is 1.97. The number of nitrogens with zero attached hydrogens (tertiary/aromatic N) is 1. The zero-order valence-corrected chi connectivity index (χ0v) is 11.8. The molecule has 0 aromatic heterocycles. The third kappa shape index (κ3) is 2.90. The number of nitrogens with two attached hydrogens (primary N) is 1. The second-order valence-corrected chi connectivity index (χ2v) is 5.00. The van der Waals surface area contributed by atoms with Crippen LogP contribution in [-0.4, -0.2) is 19.2 Å². The monoisotopic (exact) mass is 272 g/mol. The first kappa shape index (κ1) is 13.5. The maximum absolute atomic E-state index is 12.5. The highest BCUT2D eigenvalue weighted by molar-refractivity contribution is 7.98. The van der Waals surface area contributed by atoms with Crippen LogP contribution in [-0.2, 0) is 0 Å². The van der Waals surface area contributed by atoms with E-state index in [-0.39, 0.29) is 5.91 Å². The minimum absolute atomic E-state index is 0.0188. The maximum atomic E-state index is 12.5. The standard InChI is InChI=1S/C15H16N2OS/c1-17(12-9-7-11(16)8-10-12)15(18)13-5-3-4-6-14(13)19-2/h3-10H,16H2,1-2H3. The molecule has 0 heterocycles. The second kappa shape index (κ2) is 5.80. The number of benzene rings is 2. The second-order valence-electron chi connectivity index (χ2n) is 4.16. The highest BCUT2D eigenvalue weighted by Gasteiger charge is 2.16. The van der Waals surface area contributed by atoms with Crippen LogP contribution >= 0.6 is 11.8 Å². The summed E-state index contributed by atoms with van der Waals surface area (Å²) in [5.41, 5.74) is 7.89. The molecule has 0 saturated heterocycles. The van der Waals surface area contributed by atoms with Gasteiger partial charge in [-0.25, -0.2) is 0 Å². The maximum Gasteiger partial charge on any atom is 0.259 e. The molecule has 0 aliphatic rings. The summed E-state index contributed by atoms with van der Waals surface area (Å²) in [6.45, 7) is 0. The summed E-state index contributed by atoms with van der Waals surface area (Å²) in [5, 5.41) is 0. The summed E-state index contributed by atoms with van der Waals surface area (Å²) in [6, 6.07) is 14.9. The van der Waals surface area contributed by atoms with Gasteiger partial charge in [-0.2, -0.15) is 0 Å². The first-order chi connectivity index (χ1) is 9.13. The minimum atomic E-state index is -0.0188. The topological polar surface area (TPSA) is 46.3 Å². The molecule has 2 aromatic carbocycles.